The van der Waals surface area contributed by atoms with Crippen LogP contribution in [0, 0.1) is 0 Å². The summed E-state index contributed by atoms with van der Waals surface area (Å²) in [5.74, 6) is 0.664. The molecule has 1 N–H and O–H groups in total. The summed E-state index contributed by atoms with van der Waals surface area (Å²) in [7, 11) is 0. The molecule has 0 saturated heterocycles. The largest absolute Gasteiger partial charge is 0.323 e. The number of hydrogen-bond acceptors (Lipinski definition) is 4. The first-order valence-corrected chi connectivity index (χ1v) is 10.7. The number of carbonyl (C=O) groups excluding carboxylic acids is 1. The molecule has 0 spiro atoms. The van der Waals surface area contributed by atoms with E-state index in [4.69, 9.17) is 34.8 Å². The smallest absolute Gasteiger partial charge is 0.234 e. The summed E-state index contributed by atoms with van der Waals surface area (Å²) in [6.45, 7) is 4.35. The summed E-state index contributed by atoms with van der Waals surface area (Å²) >= 11 is 19.4. The Morgan fingerprint density at radius 2 is 1.83 bits per heavy atom. The molecule has 9 heteroatoms. The minimum absolute atomic E-state index is 0.121. The van der Waals surface area contributed by atoms with Crippen LogP contribution in [0.2, 0.25) is 15.1 Å². The van der Waals surface area contributed by atoms with E-state index in [9.17, 15) is 4.79 Å². The number of allylic oxidation sites excluding steroid dienone is 1. The average Bonchev–Trinajstić information content (AvgIpc) is 3.05. The standard InChI is InChI=1S/C20H17Cl3N4OS/c1-2-8-27-17(9-13-6-4-3-5-7-13)25-26-20(27)29-12-18(28)24-19-15(22)10-14(21)11-16(19)23/h2-7,10-11H,1,8-9,12H2,(H,24,28). The van der Waals surface area contributed by atoms with Crippen molar-refractivity contribution in [2.24, 2.45) is 0 Å². The molecular formula is C20H17Cl3N4OS. The van der Waals surface area contributed by atoms with E-state index >= 15 is 0 Å². The number of anilines is 1. The minimum Gasteiger partial charge on any atom is -0.323 e. The Labute approximate surface area is 188 Å². The fourth-order valence-corrected chi connectivity index (χ4v) is 4.29. The zero-order valence-electron chi connectivity index (χ0n) is 15.2. The number of benzene rings is 2. The first-order chi connectivity index (χ1) is 14.0. The quantitative estimate of drug-likeness (QED) is 0.339. The first kappa shape index (κ1) is 21.7. The molecule has 0 aliphatic carbocycles. The lowest BCUT2D eigenvalue weighted by atomic mass is 10.1. The van der Waals surface area contributed by atoms with Crippen LogP contribution in [0.15, 0.2) is 60.3 Å². The van der Waals surface area contributed by atoms with E-state index in [0.717, 1.165) is 11.4 Å². The predicted molar refractivity (Wildman–Crippen MR) is 120 cm³/mol. The van der Waals surface area contributed by atoms with Gasteiger partial charge >= 0.3 is 0 Å². The lowest BCUT2D eigenvalue weighted by molar-refractivity contribution is -0.113. The third kappa shape index (κ3) is 5.76. The second-order valence-corrected chi connectivity index (χ2v) is 8.24. The Morgan fingerprint density at radius 3 is 2.48 bits per heavy atom. The Bertz CT molecular complexity index is 1000. The number of thioether (sulfide) groups is 1. The fraction of sp³-hybridized carbons (Fsp3) is 0.150. The molecule has 3 aromatic rings. The summed E-state index contributed by atoms with van der Waals surface area (Å²) in [6.07, 6.45) is 2.42. The maximum Gasteiger partial charge on any atom is 0.234 e. The van der Waals surface area contributed by atoms with Gasteiger partial charge in [0.1, 0.15) is 5.82 Å². The van der Waals surface area contributed by atoms with Crippen LogP contribution in [-0.4, -0.2) is 26.4 Å². The van der Waals surface area contributed by atoms with Crippen molar-refractivity contribution in [3.05, 3.63) is 81.6 Å². The minimum atomic E-state index is -0.265. The third-order valence-corrected chi connectivity index (χ3v) is 5.70. The molecule has 3 rings (SSSR count). The van der Waals surface area contributed by atoms with E-state index in [1.54, 1.807) is 6.08 Å². The number of halogens is 3. The van der Waals surface area contributed by atoms with Gasteiger partial charge in [0, 0.05) is 18.0 Å². The van der Waals surface area contributed by atoms with Crippen molar-refractivity contribution in [1.29, 1.82) is 0 Å². The van der Waals surface area contributed by atoms with Crippen molar-refractivity contribution >= 4 is 58.2 Å². The predicted octanol–water partition coefficient (Wildman–Crippen LogP) is 5.75. The van der Waals surface area contributed by atoms with E-state index in [-0.39, 0.29) is 21.7 Å². The number of nitrogens with zero attached hydrogens (tertiary/aromatic N) is 3. The normalized spacial score (nSPS) is 10.7. The highest BCUT2D eigenvalue weighted by Crippen LogP contribution is 2.33. The summed E-state index contributed by atoms with van der Waals surface area (Å²) in [5, 5.41) is 12.8. The van der Waals surface area contributed by atoms with Crippen molar-refractivity contribution in [2.75, 3.05) is 11.1 Å². The van der Waals surface area contributed by atoms with Gasteiger partial charge in [0.25, 0.3) is 0 Å². The number of nitrogens with one attached hydrogen (secondary N) is 1. The van der Waals surface area contributed by atoms with Crippen LogP contribution in [0.3, 0.4) is 0 Å². The van der Waals surface area contributed by atoms with Gasteiger partial charge in [0.15, 0.2) is 5.16 Å². The second kappa shape index (κ2) is 10.2. The Morgan fingerprint density at radius 1 is 1.14 bits per heavy atom. The van der Waals surface area contributed by atoms with E-state index in [2.05, 4.69) is 22.1 Å². The van der Waals surface area contributed by atoms with Crippen molar-refractivity contribution in [3.8, 4) is 0 Å². The molecule has 0 atom stereocenters. The van der Waals surface area contributed by atoms with Crippen molar-refractivity contribution in [1.82, 2.24) is 14.8 Å². The Balaban J connectivity index is 1.68. The zero-order valence-corrected chi connectivity index (χ0v) is 18.3. The molecule has 0 bridgehead atoms. The highest BCUT2D eigenvalue weighted by molar-refractivity contribution is 7.99. The van der Waals surface area contributed by atoms with Gasteiger partial charge in [-0.25, -0.2) is 0 Å². The molecule has 0 saturated carbocycles. The van der Waals surface area contributed by atoms with Crippen molar-refractivity contribution in [2.45, 2.75) is 18.1 Å². The van der Waals surface area contributed by atoms with E-state index in [1.165, 1.54) is 23.9 Å². The molecular weight excluding hydrogens is 451 g/mol. The van der Waals surface area contributed by atoms with Gasteiger partial charge in [-0.1, -0.05) is 83.0 Å². The van der Waals surface area contributed by atoms with Crippen LogP contribution in [0.25, 0.3) is 0 Å². The van der Waals surface area contributed by atoms with E-state index < -0.39 is 0 Å². The Kier molecular flexibility index (Phi) is 7.61. The van der Waals surface area contributed by atoms with Crippen LogP contribution < -0.4 is 5.32 Å². The van der Waals surface area contributed by atoms with E-state index in [0.29, 0.717) is 28.8 Å². The fourth-order valence-electron chi connectivity index (χ4n) is 2.61. The van der Waals surface area contributed by atoms with Gasteiger partial charge in [-0.3, -0.25) is 4.79 Å². The van der Waals surface area contributed by atoms with Gasteiger partial charge in [0.2, 0.25) is 5.91 Å². The highest BCUT2D eigenvalue weighted by Gasteiger charge is 2.16. The number of carbonyl (C=O) groups is 1. The maximum atomic E-state index is 12.4. The number of aromatic nitrogens is 3. The van der Waals surface area contributed by atoms with Crippen LogP contribution in [0.4, 0.5) is 5.69 Å². The van der Waals surface area contributed by atoms with Gasteiger partial charge in [-0.15, -0.1) is 16.8 Å². The molecule has 0 unspecified atom stereocenters. The molecule has 5 nitrogen and oxygen atoms in total. The van der Waals surface area contributed by atoms with Gasteiger partial charge in [0.05, 0.1) is 21.5 Å². The van der Waals surface area contributed by atoms with Crippen LogP contribution >= 0.6 is 46.6 Å². The molecule has 1 amide bonds. The molecule has 150 valence electrons. The van der Waals surface area contributed by atoms with Crippen LogP contribution in [0.1, 0.15) is 11.4 Å². The summed E-state index contributed by atoms with van der Waals surface area (Å²) < 4.78 is 1.94. The van der Waals surface area contributed by atoms with Gasteiger partial charge in [-0.2, -0.15) is 0 Å². The van der Waals surface area contributed by atoms with E-state index in [1.807, 2.05) is 34.9 Å². The maximum absolute atomic E-state index is 12.4. The number of rotatable bonds is 8. The summed E-state index contributed by atoms with van der Waals surface area (Å²) in [5.41, 5.74) is 1.46. The molecule has 1 heterocycles. The molecule has 29 heavy (non-hydrogen) atoms. The number of hydrogen-bond donors (Lipinski definition) is 1. The monoisotopic (exact) mass is 466 g/mol. The lowest BCUT2D eigenvalue weighted by Crippen LogP contribution is -2.15. The third-order valence-electron chi connectivity index (χ3n) is 3.91. The van der Waals surface area contributed by atoms with Crippen molar-refractivity contribution < 1.29 is 4.79 Å². The molecule has 1 aromatic heterocycles. The first-order valence-electron chi connectivity index (χ1n) is 8.62. The molecule has 0 radical (unpaired) electrons. The summed E-state index contributed by atoms with van der Waals surface area (Å²) in [4.78, 5) is 12.4. The lowest BCUT2D eigenvalue weighted by Gasteiger charge is -2.10. The SMILES string of the molecule is C=CCn1c(Cc2ccccc2)nnc1SCC(=O)Nc1c(Cl)cc(Cl)cc1Cl. The highest BCUT2D eigenvalue weighted by atomic mass is 35.5. The van der Waals surface area contributed by atoms with Crippen molar-refractivity contribution in [3.63, 3.8) is 0 Å². The van der Waals surface area contributed by atoms with Crippen LogP contribution in [-0.2, 0) is 17.8 Å². The van der Waals surface area contributed by atoms with Gasteiger partial charge in [-0.05, 0) is 17.7 Å². The average molecular weight is 468 g/mol. The second-order valence-electron chi connectivity index (χ2n) is 6.04. The van der Waals surface area contributed by atoms with Gasteiger partial charge < -0.3 is 9.88 Å². The van der Waals surface area contributed by atoms with Crippen LogP contribution in [0.5, 0.6) is 0 Å². The number of amides is 1. The topological polar surface area (TPSA) is 59.8 Å². The molecule has 0 aliphatic rings. The molecule has 0 aliphatic heterocycles. The summed E-state index contributed by atoms with van der Waals surface area (Å²) in [6, 6.07) is 13.0. The molecule has 0 fully saturated rings. The molecule has 2 aromatic carbocycles. The zero-order chi connectivity index (χ0) is 20.8. The Hall–Kier alpha value is -1.99.